The van der Waals surface area contributed by atoms with Gasteiger partial charge in [0.2, 0.25) is 10.0 Å². The molecule has 0 atom stereocenters. The Kier molecular flexibility index (Phi) is 6.09. The van der Waals surface area contributed by atoms with E-state index in [0.717, 1.165) is 24.8 Å². The molecular weight excluding hydrogens is 426 g/mol. The maximum absolute atomic E-state index is 13.1. The lowest BCUT2D eigenvalue weighted by atomic mass is 10.0. The van der Waals surface area contributed by atoms with Gasteiger partial charge in [-0.05, 0) is 31.0 Å². The fourth-order valence-corrected chi connectivity index (χ4v) is 5.71. The summed E-state index contributed by atoms with van der Waals surface area (Å²) < 4.78 is 28.8. The van der Waals surface area contributed by atoms with Gasteiger partial charge in [-0.1, -0.05) is 55.7 Å². The number of amides is 1. The van der Waals surface area contributed by atoms with Gasteiger partial charge in [-0.2, -0.15) is 0 Å². The minimum Gasteiger partial charge on any atom is -0.370 e. The zero-order valence-corrected chi connectivity index (χ0v) is 18.3. The van der Waals surface area contributed by atoms with E-state index in [4.69, 9.17) is 11.1 Å². The van der Waals surface area contributed by atoms with E-state index in [0.29, 0.717) is 29.4 Å². The van der Waals surface area contributed by atoms with Gasteiger partial charge in [-0.3, -0.25) is 20.2 Å². The molecule has 0 unspecified atom stereocenters. The smallest absolute Gasteiger partial charge is 0.258 e. The zero-order chi connectivity index (χ0) is 22.7. The molecule has 166 valence electrons. The molecule has 1 amide bonds. The number of guanidine groups is 1. The molecule has 1 aliphatic carbocycles. The number of nitrogens with one attached hydrogen (secondary N) is 3. The molecule has 0 spiro atoms. The molecule has 8 nitrogen and oxygen atoms in total. The maximum atomic E-state index is 13.1. The molecule has 4 rings (SSSR count). The van der Waals surface area contributed by atoms with Crippen molar-refractivity contribution in [2.24, 2.45) is 5.73 Å². The molecule has 3 aromatic rings. The molecule has 1 fully saturated rings. The Bertz CT molecular complexity index is 1270. The van der Waals surface area contributed by atoms with E-state index in [9.17, 15) is 13.2 Å². The summed E-state index contributed by atoms with van der Waals surface area (Å²) in [6.07, 6.45) is 4.05. The van der Waals surface area contributed by atoms with Crippen molar-refractivity contribution in [2.45, 2.75) is 37.4 Å². The number of aromatic nitrogens is 1. The van der Waals surface area contributed by atoms with Gasteiger partial charge in [0.25, 0.3) is 5.91 Å². The fourth-order valence-electron chi connectivity index (χ4n) is 4.11. The average Bonchev–Trinajstić information content (AvgIpc) is 2.79. The van der Waals surface area contributed by atoms with E-state index in [1.54, 1.807) is 24.3 Å². The molecule has 32 heavy (non-hydrogen) atoms. The highest BCUT2D eigenvalue weighted by Crippen LogP contribution is 2.32. The molecular formula is C23H25N5O3S. The van der Waals surface area contributed by atoms with Crippen LogP contribution < -0.4 is 15.8 Å². The number of anilines is 1. The predicted molar refractivity (Wildman–Crippen MR) is 126 cm³/mol. The number of rotatable bonds is 5. The van der Waals surface area contributed by atoms with Gasteiger partial charge < -0.3 is 5.73 Å². The summed E-state index contributed by atoms with van der Waals surface area (Å²) in [4.78, 5) is 17.6. The molecule has 1 heterocycles. The van der Waals surface area contributed by atoms with Crippen LogP contribution >= 0.6 is 0 Å². The van der Waals surface area contributed by atoms with Crippen LogP contribution in [0.2, 0.25) is 0 Å². The van der Waals surface area contributed by atoms with Gasteiger partial charge in [0, 0.05) is 10.9 Å². The van der Waals surface area contributed by atoms with Gasteiger partial charge in [0.1, 0.15) is 0 Å². The number of nitrogens with zero attached hydrogens (tertiary/aromatic N) is 1. The van der Waals surface area contributed by atoms with Crippen molar-refractivity contribution in [1.82, 2.24) is 10.3 Å². The van der Waals surface area contributed by atoms with Crippen molar-refractivity contribution < 1.29 is 13.2 Å². The van der Waals surface area contributed by atoms with Crippen LogP contribution in [0.1, 0.15) is 42.5 Å². The Balaban J connectivity index is 1.85. The summed E-state index contributed by atoms with van der Waals surface area (Å²) >= 11 is 0. The van der Waals surface area contributed by atoms with Crippen molar-refractivity contribution in [3.63, 3.8) is 0 Å². The minimum atomic E-state index is -3.63. The van der Waals surface area contributed by atoms with Gasteiger partial charge in [0.05, 0.1) is 27.7 Å². The quantitative estimate of drug-likeness (QED) is 0.347. The molecule has 2 aromatic carbocycles. The van der Waals surface area contributed by atoms with Crippen LogP contribution in [0, 0.1) is 5.41 Å². The van der Waals surface area contributed by atoms with E-state index in [-0.39, 0.29) is 11.3 Å². The first kappa shape index (κ1) is 21.8. The number of hydrogen-bond donors (Lipinski definition) is 4. The summed E-state index contributed by atoms with van der Waals surface area (Å²) in [6.45, 7) is 0. The third-order valence-electron chi connectivity index (χ3n) is 5.64. The topological polar surface area (TPSA) is 138 Å². The molecule has 9 heteroatoms. The standard InChI is InChI=1S/C23H25N5O3S/c24-23(25)27-22(29)17-14-20(15-8-3-1-4-9-15)26-18-12-7-13-19(21(17)18)28-32(30,31)16-10-5-2-6-11-16/h1,3-4,7-9,12-14,16,28H,2,5-6,10-11H2,(H4,24,25,27,29). The number of fused-ring (bicyclic) bond motifs is 1. The first-order chi connectivity index (χ1) is 15.3. The van der Waals surface area contributed by atoms with Crippen molar-refractivity contribution in [3.05, 3.63) is 60.2 Å². The van der Waals surface area contributed by atoms with E-state index in [1.165, 1.54) is 0 Å². The van der Waals surface area contributed by atoms with Crippen LogP contribution in [0.15, 0.2) is 54.6 Å². The summed E-state index contributed by atoms with van der Waals surface area (Å²) in [6, 6.07) is 16.0. The zero-order valence-electron chi connectivity index (χ0n) is 17.5. The van der Waals surface area contributed by atoms with Gasteiger partial charge >= 0.3 is 0 Å². The summed E-state index contributed by atoms with van der Waals surface area (Å²) in [5.41, 5.74) is 7.68. The lowest BCUT2D eigenvalue weighted by Gasteiger charge is -2.23. The molecule has 0 radical (unpaired) electrons. The molecule has 0 aliphatic heterocycles. The number of nitrogens with two attached hydrogens (primary N) is 1. The second-order valence-electron chi connectivity index (χ2n) is 7.90. The van der Waals surface area contributed by atoms with Crippen molar-refractivity contribution >= 4 is 38.5 Å². The Morgan fingerprint density at radius 2 is 1.75 bits per heavy atom. The number of carbonyl (C=O) groups excluding carboxylic acids is 1. The highest BCUT2D eigenvalue weighted by molar-refractivity contribution is 7.93. The number of pyridine rings is 1. The van der Waals surface area contributed by atoms with Crippen LogP contribution in [0.4, 0.5) is 5.69 Å². The van der Waals surface area contributed by atoms with E-state index >= 15 is 0 Å². The third-order valence-corrected chi connectivity index (χ3v) is 7.49. The normalized spacial score (nSPS) is 14.8. The largest absolute Gasteiger partial charge is 0.370 e. The first-order valence-corrected chi connectivity index (χ1v) is 12.1. The van der Waals surface area contributed by atoms with Crippen molar-refractivity contribution in [3.8, 4) is 11.3 Å². The highest BCUT2D eigenvalue weighted by atomic mass is 32.2. The highest BCUT2D eigenvalue weighted by Gasteiger charge is 2.28. The summed E-state index contributed by atoms with van der Waals surface area (Å²) in [5, 5.41) is 9.66. The molecule has 0 saturated heterocycles. The van der Waals surface area contributed by atoms with Crippen LogP contribution in [0.25, 0.3) is 22.2 Å². The fraction of sp³-hybridized carbons (Fsp3) is 0.261. The Labute approximate surface area is 186 Å². The second-order valence-corrected chi connectivity index (χ2v) is 9.86. The Hall–Kier alpha value is -3.46. The summed E-state index contributed by atoms with van der Waals surface area (Å²) in [5.74, 6) is -1.10. The van der Waals surface area contributed by atoms with E-state index < -0.39 is 27.1 Å². The average molecular weight is 452 g/mol. The lowest BCUT2D eigenvalue weighted by Crippen LogP contribution is -2.36. The van der Waals surface area contributed by atoms with Crippen LogP contribution in [0.5, 0.6) is 0 Å². The van der Waals surface area contributed by atoms with Crippen LogP contribution in [0.3, 0.4) is 0 Å². The SMILES string of the molecule is N=C(N)NC(=O)c1cc(-c2ccccc2)nc2cccc(NS(=O)(=O)C3CCCCC3)c12. The van der Waals surface area contributed by atoms with Crippen molar-refractivity contribution in [2.75, 3.05) is 4.72 Å². The predicted octanol–water partition coefficient (Wildman–Crippen LogP) is 3.60. The van der Waals surface area contributed by atoms with Gasteiger partial charge in [-0.25, -0.2) is 13.4 Å². The first-order valence-electron chi connectivity index (χ1n) is 10.5. The molecule has 5 N–H and O–H groups in total. The number of carbonyl (C=O) groups is 1. The monoisotopic (exact) mass is 451 g/mol. The van der Waals surface area contributed by atoms with Crippen LogP contribution in [-0.2, 0) is 10.0 Å². The number of sulfonamides is 1. The van der Waals surface area contributed by atoms with Gasteiger partial charge in [0.15, 0.2) is 5.96 Å². The van der Waals surface area contributed by atoms with Crippen LogP contribution in [-0.4, -0.2) is 30.5 Å². The van der Waals surface area contributed by atoms with E-state index in [2.05, 4.69) is 15.0 Å². The summed E-state index contributed by atoms with van der Waals surface area (Å²) in [7, 11) is -3.63. The molecule has 1 aromatic heterocycles. The second kappa shape index (κ2) is 8.96. The maximum Gasteiger partial charge on any atom is 0.258 e. The van der Waals surface area contributed by atoms with Crippen molar-refractivity contribution in [1.29, 1.82) is 5.41 Å². The van der Waals surface area contributed by atoms with Gasteiger partial charge in [-0.15, -0.1) is 0 Å². The Morgan fingerprint density at radius 3 is 2.44 bits per heavy atom. The number of hydrogen-bond acceptors (Lipinski definition) is 5. The van der Waals surface area contributed by atoms with E-state index in [1.807, 2.05) is 30.3 Å². The Morgan fingerprint density at radius 1 is 1.03 bits per heavy atom. The molecule has 1 saturated carbocycles. The third kappa shape index (κ3) is 4.57. The lowest BCUT2D eigenvalue weighted by molar-refractivity contribution is 0.0978. The number of benzene rings is 2. The molecule has 0 bridgehead atoms. The minimum absolute atomic E-state index is 0.186. The molecule has 1 aliphatic rings.